The maximum Gasteiger partial charge on any atom is 0.173 e. The van der Waals surface area contributed by atoms with E-state index in [1.165, 1.54) is 18.4 Å². The summed E-state index contributed by atoms with van der Waals surface area (Å²) in [7, 11) is 0. The number of rotatable bonds is 5. The minimum Gasteiger partial charge on any atom is -1.00 e. The van der Waals surface area contributed by atoms with Gasteiger partial charge in [-0.05, 0) is 59.6 Å². The molecule has 6 nitrogen and oxygen atoms in total. The summed E-state index contributed by atoms with van der Waals surface area (Å²) in [6, 6.07) is 20.2. The Bertz CT molecular complexity index is 894. The van der Waals surface area contributed by atoms with Crippen LogP contribution in [-0.2, 0) is 6.54 Å². The lowest BCUT2D eigenvalue weighted by molar-refractivity contribution is -0.00000563. The molecule has 1 fully saturated rings. The minimum atomic E-state index is 0. The maximum atomic E-state index is 9.07. The Morgan fingerprint density at radius 3 is 2.37 bits per heavy atom. The van der Waals surface area contributed by atoms with E-state index in [0.717, 1.165) is 24.5 Å². The molecule has 1 aromatic heterocycles. The molecular weight excluding hydrogens is 360 g/mol. The molecule has 1 aliphatic rings. The summed E-state index contributed by atoms with van der Waals surface area (Å²) < 4.78 is 1.89. The second kappa shape index (κ2) is 8.76. The zero-order chi connectivity index (χ0) is 17.8. The molecule has 1 aliphatic heterocycles. The monoisotopic (exact) mass is 379 g/mol. The van der Waals surface area contributed by atoms with Gasteiger partial charge in [-0.3, -0.25) is 4.90 Å². The normalized spacial score (nSPS) is 15.1. The van der Waals surface area contributed by atoms with Gasteiger partial charge in [-0.1, -0.05) is 42.5 Å². The molecule has 27 heavy (non-hydrogen) atoms. The van der Waals surface area contributed by atoms with Gasteiger partial charge in [-0.2, -0.15) is 5.26 Å². The Labute approximate surface area is 164 Å². The van der Waals surface area contributed by atoms with Gasteiger partial charge in [0.2, 0.25) is 0 Å². The fourth-order valence-electron chi connectivity index (χ4n) is 3.54. The molecule has 0 amide bonds. The van der Waals surface area contributed by atoms with Crippen molar-refractivity contribution >= 4 is 0 Å². The van der Waals surface area contributed by atoms with Crippen LogP contribution in [0.1, 0.15) is 41.4 Å². The lowest BCUT2D eigenvalue weighted by Gasteiger charge is -2.27. The summed E-state index contributed by atoms with van der Waals surface area (Å²) in [5, 5.41) is 21.6. The number of nitrogens with zero attached hydrogens (tertiary/aromatic N) is 6. The van der Waals surface area contributed by atoms with Crippen LogP contribution in [0.15, 0.2) is 54.6 Å². The molecule has 0 spiro atoms. The predicted octanol–water partition coefficient (Wildman–Crippen LogP) is -0.218. The van der Waals surface area contributed by atoms with E-state index in [9.17, 15) is 0 Å². The summed E-state index contributed by atoms with van der Waals surface area (Å²) in [6.45, 7) is 2.70. The lowest BCUT2D eigenvalue weighted by Crippen LogP contribution is -3.00. The molecule has 0 radical (unpaired) electrons. The Hall–Kier alpha value is -2.75. The molecule has 4 rings (SSSR count). The Morgan fingerprint density at radius 2 is 1.70 bits per heavy atom. The van der Waals surface area contributed by atoms with Crippen LogP contribution >= 0.6 is 0 Å². The summed E-state index contributed by atoms with van der Waals surface area (Å²) in [6.07, 6.45) is 2.38. The predicted molar refractivity (Wildman–Crippen MR) is 97.2 cm³/mol. The van der Waals surface area contributed by atoms with Gasteiger partial charge in [0.05, 0.1) is 24.2 Å². The van der Waals surface area contributed by atoms with Crippen LogP contribution in [0.3, 0.4) is 0 Å². The first-order valence-corrected chi connectivity index (χ1v) is 8.89. The molecule has 2 aromatic carbocycles. The number of benzene rings is 2. The van der Waals surface area contributed by atoms with E-state index in [1.54, 1.807) is 0 Å². The highest BCUT2D eigenvalue weighted by Gasteiger charge is 2.29. The number of halogens is 1. The van der Waals surface area contributed by atoms with Gasteiger partial charge >= 0.3 is 0 Å². The third-order valence-corrected chi connectivity index (χ3v) is 4.84. The zero-order valence-corrected chi connectivity index (χ0v) is 15.6. The zero-order valence-electron chi connectivity index (χ0n) is 14.9. The van der Waals surface area contributed by atoms with Crippen molar-refractivity contribution in [3.05, 3.63) is 77.1 Å². The molecule has 138 valence electrons. The number of hydrogen-bond donors (Lipinski definition) is 0. The van der Waals surface area contributed by atoms with Gasteiger partial charge in [0.1, 0.15) is 0 Å². The van der Waals surface area contributed by atoms with Gasteiger partial charge in [0.25, 0.3) is 0 Å². The van der Waals surface area contributed by atoms with Crippen LogP contribution < -0.4 is 12.4 Å². The largest absolute Gasteiger partial charge is 1.00 e. The third kappa shape index (κ3) is 4.16. The molecule has 1 atom stereocenters. The molecule has 2 heterocycles. The van der Waals surface area contributed by atoms with Crippen LogP contribution in [0.4, 0.5) is 0 Å². The van der Waals surface area contributed by atoms with E-state index in [-0.39, 0.29) is 18.4 Å². The summed E-state index contributed by atoms with van der Waals surface area (Å²) in [5.41, 5.74) is 2.95. The van der Waals surface area contributed by atoms with E-state index >= 15 is 0 Å². The van der Waals surface area contributed by atoms with Crippen molar-refractivity contribution < 1.29 is 12.4 Å². The molecule has 3 aromatic rings. The van der Waals surface area contributed by atoms with Crippen molar-refractivity contribution in [3.8, 4) is 6.07 Å². The first-order chi connectivity index (χ1) is 12.8. The van der Waals surface area contributed by atoms with Gasteiger partial charge < -0.3 is 12.4 Å². The number of hydrogen-bond acceptors (Lipinski definition) is 5. The molecular formula is C20H20ClN6-. The summed E-state index contributed by atoms with van der Waals surface area (Å²) in [5.74, 6) is 0.848. The molecule has 7 heteroatoms. The first kappa shape index (κ1) is 19.0. The van der Waals surface area contributed by atoms with Crippen LogP contribution in [-0.4, -0.2) is 38.2 Å². The average molecular weight is 380 g/mol. The van der Waals surface area contributed by atoms with Crippen molar-refractivity contribution in [2.45, 2.75) is 25.4 Å². The van der Waals surface area contributed by atoms with Crippen LogP contribution in [0, 0.1) is 11.3 Å². The molecule has 0 saturated carbocycles. The maximum absolute atomic E-state index is 9.07. The Morgan fingerprint density at radius 1 is 1.00 bits per heavy atom. The molecule has 1 saturated heterocycles. The van der Waals surface area contributed by atoms with Crippen molar-refractivity contribution in [2.75, 3.05) is 13.1 Å². The second-order valence-electron chi connectivity index (χ2n) is 6.56. The van der Waals surface area contributed by atoms with E-state index in [2.05, 4.69) is 38.6 Å². The first-order valence-electron chi connectivity index (χ1n) is 8.89. The molecule has 0 bridgehead atoms. The summed E-state index contributed by atoms with van der Waals surface area (Å²) >= 11 is 0. The van der Waals surface area contributed by atoms with Crippen LogP contribution in [0.5, 0.6) is 0 Å². The van der Waals surface area contributed by atoms with Gasteiger partial charge in [-0.25, -0.2) is 4.68 Å². The second-order valence-corrected chi connectivity index (χ2v) is 6.56. The third-order valence-electron chi connectivity index (χ3n) is 4.84. The van der Waals surface area contributed by atoms with Gasteiger partial charge in [-0.15, -0.1) is 5.10 Å². The van der Waals surface area contributed by atoms with E-state index in [1.807, 2.05) is 47.1 Å². The van der Waals surface area contributed by atoms with Gasteiger partial charge in [0, 0.05) is 0 Å². The number of aromatic nitrogens is 4. The van der Waals surface area contributed by atoms with Crippen LogP contribution in [0.25, 0.3) is 0 Å². The average Bonchev–Trinajstić information content (AvgIpc) is 3.37. The molecule has 1 unspecified atom stereocenters. The standard InChI is InChI=1S/C20H20N6.ClH/c21-14-16-8-10-18(11-9-16)19(25-12-4-5-13-25)20-22-23-24-26(20)15-17-6-2-1-3-7-17;/h1-3,6-11,19H,4-5,12-13,15H2;1H/p-1. The van der Waals surface area contributed by atoms with Crippen molar-refractivity contribution in [2.24, 2.45) is 0 Å². The Balaban J connectivity index is 0.00000210. The van der Waals surface area contributed by atoms with Crippen LogP contribution in [0.2, 0.25) is 0 Å². The molecule has 0 N–H and O–H groups in total. The SMILES string of the molecule is N#Cc1ccc(C(c2nnnn2Cc2ccccc2)N2CCCC2)cc1.[Cl-]. The highest BCUT2D eigenvalue weighted by atomic mass is 35.5. The number of nitriles is 1. The topological polar surface area (TPSA) is 70.6 Å². The van der Waals surface area contributed by atoms with Gasteiger partial charge in [0.15, 0.2) is 5.82 Å². The number of tetrazole rings is 1. The molecule has 0 aliphatic carbocycles. The van der Waals surface area contributed by atoms with Crippen molar-refractivity contribution in [1.82, 2.24) is 25.1 Å². The fraction of sp³-hybridized carbons (Fsp3) is 0.300. The van der Waals surface area contributed by atoms with E-state index in [4.69, 9.17) is 5.26 Å². The highest BCUT2D eigenvalue weighted by Crippen LogP contribution is 2.30. The highest BCUT2D eigenvalue weighted by molar-refractivity contribution is 5.35. The van der Waals surface area contributed by atoms with Crippen molar-refractivity contribution in [1.29, 1.82) is 5.26 Å². The number of likely N-dealkylation sites (tertiary alicyclic amines) is 1. The minimum absolute atomic E-state index is 0. The van der Waals surface area contributed by atoms with Crippen molar-refractivity contribution in [3.63, 3.8) is 0 Å². The summed E-state index contributed by atoms with van der Waals surface area (Å²) in [4.78, 5) is 2.43. The van der Waals surface area contributed by atoms with E-state index in [0.29, 0.717) is 12.1 Å². The lowest BCUT2D eigenvalue weighted by atomic mass is 10.0. The smallest absolute Gasteiger partial charge is 0.173 e. The van der Waals surface area contributed by atoms with E-state index < -0.39 is 0 Å². The fourth-order valence-corrected chi connectivity index (χ4v) is 3.54. The quantitative estimate of drug-likeness (QED) is 0.613. The Kier molecular flexibility index (Phi) is 6.17.